The Morgan fingerprint density at radius 2 is 1.76 bits per heavy atom. The van der Waals surface area contributed by atoms with E-state index in [1.807, 2.05) is 0 Å². The zero-order valence-corrected chi connectivity index (χ0v) is 18.0. The van der Waals surface area contributed by atoms with Crippen molar-refractivity contribution in [1.82, 2.24) is 9.80 Å². The summed E-state index contributed by atoms with van der Waals surface area (Å²) in [4.78, 5) is 40.4. The molecule has 7 nitrogen and oxygen atoms in total. The number of ether oxygens (including phenoxy) is 1. The normalized spacial score (nSPS) is 15.1. The van der Waals surface area contributed by atoms with Crippen LogP contribution in [0.5, 0.6) is 0 Å². The van der Waals surface area contributed by atoms with E-state index in [1.54, 1.807) is 45.4 Å². The summed E-state index contributed by atoms with van der Waals surface area (Å²) < 4.78 is 5.24. The van der Waals surface area contributed by atoms with Crippen molar-refractivity contribution in [3.05, 3.63) is 29.8 Å². The summed E-state index contributed by atoms with van der Waals surface area (Å²) in [5.74, 6) is -0.885. The number of carbonyl (C=O) groups is 3. The summed E-state index contributed by atoms with van der Waals surface area (Å²) in [6, 6.07) is 9.12. The average molecular weight is 418 g/mol. The lowest BCUT2D eigenvalue weighted by molar-refractivity contribution is -0.138. The summed E-state index contributed by atoms with van der Waals surface area (Å²) in [5.41, 5.74) is -0.505. The van der Waals surface area contributed by atoms with Crippen molar-refractivity contribution in [2.24, 2.45) is 0 Å². The van der Waals surface area contributed by atoms with E-state index in [2.05, 4.69) is 6.07 Å². The topological polar surface area (TPSA) is 90.7 Å². The fraction of sp³-hybridized carbons (Fsp3) is 0.524. The lowest BCUT2D eigenvalue weighted by Crippen LogP contribution is -2.51. The average Bonchev–Trinajstić information content (AvgIpc) is 2.75. The highest BCUT2D eigenvalue weighted by Gasteiger charge is 2.39. The Balaban J connectivity index is 1.99. The molecule has 1 aliphatic carbocycles. The van der Waals surface area contributed by atoms with Gasteiger partial charge in [0.15, 0.2) is 6.61 Å². The molecule has 0 N–H and O–H groups in total. The minimum Gasteiger partial charge on any atom is -0.452 e. The molecule has 8 heteroatoms. The lowest BCUT2D eigenvalue weighted by atomic mass is 9.81. The molecule has 0 aliphatic heterocycles. The van der Waals surface area contributed by atoms with Gasteiger partial charge in [0.1, 0.15) is 5.54 Å². The van der Waals surface area contributed by atoms with Crippen LogP contribution in [0.4, 0.5) is 0 Å². The number of nitriles is 1. The highest BCUT2D eigenvalue weighted by Crippen LogP contribution is 2.32. The molecule has 0 unspecified atom stereocenters. The number of nitrogens with zero attached hydrogens (tertiary/aromatic N) is 3. The Morgan fingerprint density at radius 1 is 1.10 bits per heavy atom. The Hall–Kier alpha value is -2.53. The number of hydrogen-bond donors (Lipinski definition) is 0. The first-order valence-electron chi connectivity index (χ1n) is 9.58. The fourth-order valence-corrected chi connectivity index (χ4v) is 4.25. The van der Waals surface area contributed by atoms with E-state index in [-0.39, 0.29) is 11.7 Å². The standard InChI is InChI=1S/C21H27N3O4S/c1-23(2)19(26)14-29-17-10-6-5-9-16(17)20(27)28-13-18(25)24(3)21(15-22)11-7-4-8-12-21/h5-6,9-10H,4,7-8,11-14H2,1-3H3. The Bertz CT molecular complexity index is 797. The van der Waals surface area contributed by atoms with E-state index >= 15 is 0 Å². The summed E-state index contributed by atoms with van der Waals surface area (Å²) in [6.45, 7) is -0.422. The SMILES string of the molecule is CN(C)C(=O)CSc1ccccc1C(=O)OCC(=O)N(C)C1(C#N)CCCCC1. The lowest BCUT2D eigenvalue weighted by Gasteiger charge is -2.38. The Kier molecular flexibility index (Phi) is 8.09. The van der Waals surface area contributed by atoms with Crippen molar-refractivity contribution in [2.75, 3.05) is 33.5 Å². The second-order valence-corrected chi connectivity index (χ2v) is 8.32. The van der Waals surface area contributed by atoms with E-state index in [0.29, 0.717) is 23.3 Å². The van der Waals surface area contributed by atoms with Crippen molar-refractivity contribution < 1.29 is 19.1 Å². The third kappa shape index (κ3) is 5.73. The number of thioether (sulfide) groups is 1. The molecule has 2 amide bonds. The van der Waals surface area contributed by atoms with E-state index < -0.39 is 24.0 Å². The maximum absolute atomic E-state index is 12.6. The van der Waals surface area contributed by atoms with Gasteiger partial charge in [0, 0.05) is 26.0 Å². The van der Waals surface area contributed by atoms with Crippen molar-refractivity contribution in [1.29, 1.82) is 5.26 Å². The third-order valence-corrected chi connectivity index (χ3v) is 6.25. The first-order valence-corrected chi connectivity index (χ1v) is 10.6. The molecule has 0 bridgehead atoms. The van der Waals surface area contributed by atoms with E-state index in [1.165, 1.54) is 21.6 Å². The van der Waals surface area contributed by atoms with Crippen LogP contribution < -0.4 is 0 Å². The fourth-order valence-electron chi connectivity index (χ4n) is 3.23. The molecule has 2 rings (SSSR count). The molecule has 0 aromatic heterocycles. The van der Waals surface area contributed by atoms with Gasteiger partial charge >= 0.3 is 5.97 Å². The highest BCUT2D eigenvalue weighted by molar-refractivity contribution is 8.00. The number of esters is 1. The molecule has 0 saturated heterocycles. The molecule has 1 fully saturated rings. The number of rotatable bonds is 7. The van der Waals surface area contributed by atoms with Crippen LogP contribution in [-0.4, -0.2) is 66.6 Å². The van der Waals surface area contributed by atoms with Crippen molar-refractivity contribution in [2.45, 2.75) is 42.5 Å². The van der Waals surface area contributed by atoms with Gasteiger partial charge in [-0.15, -0.1) is 11.8 Å². The zero-order valence-electron chi connectivity index (χ0n) is 17.1. The zero-order chi connectivity index (χ0) is 21.4. The van der Waals surface area contributed by atoms with Gasteiger partial charge in [-0.2, -0.15) is 5.26 Å². The predicted molar refractivity (Wildman–Crippen MR) is 110 cm³/mol. The van der Waals surface area contributed by atoms with Gasteiger partial charge in [-0.1, -0.05) is 31.4 Å². The molecule has 1 aromatic carbocycles. The highest BCUT2D eigenvalue weighted by atomic mass is 32.2. The minimum absolute atomic E-state index is 0.0655. The van der Waals surface area contributed by atoms with Crippen LogP contribution in [-0.2, 0) is 14.3 Å². The minimum atomic E-state index is -0.817. The number of carbonyl (C=O) groups excluding carboxylic acids is 3. The van der Waals surface area contributed by atoms with Gasteiger partial charge in [-0.05, 0) is 25.0 Å². The van der Waals surface area contributed by atoms with E-state index in [0.717, 1.165) is 19.3 Å². The molecule has 0 spiro atoms. The first-order chi connectivity index (χ1) is 13.8. The van der Waals surface area contributed by atoms with Crippen LogP contribution in [0.1, 0.15) is 42.5 Å². The number of likely N-dealkylation sites (N-methyl/N-ethyl adjacent to an activating group) is 1. The summed E-state index contributed by atoms with van der Waals surface area (Å²) in [5, 5.41) is 9.61. The quantitative estimate of drug-likeness (QED) is 0.500. The smallest absolute Gasteiger partial charge is 0.339 e. The number of amides is 2. The van der Waals surface area contributed by atoms with Crippen LogP contribution in [0.25, 0.3) is 0 Å². The maximum atomic E-state index is 12.6. The van der Waals surface area contributed by atoms with Crippen LogP contribution in [0, 0.1) is 11.3 Å². The second-order valence-electron chi connectivity index (χ2n) is 7.31. The summed E-state index contributed by atoms with van der Waals surface area (Å²) >= 11 is 1.25. The van der Waals surface area contributed by atoms with E-state index in [9.17, 15) is 19.6 Å². The van der Waals surface area contributed by atoms with Crippen LogP contribution in [0.3, 0.4) is 0 Å². The van der Waals surface area contributed by atoms with Gasteiger partial charge in [0.05, 0.1) is 17.4 Å². The monoisotopic (exact) mass is 417 g/mol. The van der Waals surface area contributed by atoms with Crippen molar-refractivity contribution in [3.8, 4) is 6.07 Å². The molecule has 0 heterocycles. The number of benzene rings is 1. The van der Waals surface area contributed by atoms with Gasteiger partial charge in [-0.25, -0.2) is 4.79 Å². The molecular weight excluding hydrogens is 390 g/mol. The maximum Gasteiger partial charge on any atom is 0.339 e. The van der Waals surface area contributed by atoms with E-state index in [4.69, 9.17) is 4.74 Å². The predicted octanol–water partition coefficient (Wildman–Crippen LogP) is 2.71. The van der Waals surface area contributed by atoms with Gasteiger partial charge in [-0.3, -0.25) is 9.59 Å². The van der Waals surface area contributed by atoms with Crippen LogP contribution in [0.2, 0.25) is 0 Å². The van der Waals surface area contributed by atoms with Crippen LogP contribution in [0.15, 0.2) is 29.2 Å². The number of hydrogen-bond acceptors (Lipinski definition) is 6. The molecule has 29 heavy (non-hydrogen) atoms. The molecule has 1 aliphatic rings. The molecule has 1 saturated carbocycles. The van der Waals surface area contributed by atoms with Gasteiger partial charge in [0.25, 0.3) is 5.91 Å². The first kappa shape index (κ1) is 22.8. The van der Waals surface area contributed by atoms with Crippen molar-refractivity contribution >= 4 is 29.5 Å². The molecule has 0 radical (unpaired) electrons. The Morgan fingerprint density at radius 3 is 2.38 bits per heavy atom. The molecule has 0 atom stereocenters. The Labute approximate surface area is 176 Å². The molecular formula is C21H27N3O4S. The van der Waals surface area contributed by atoms with Gasteiger partial charge in [0.2, 0.25) is 5.91 Å². The molecule has 1 aromatic rings. The van der Waals surface area contributed by atoms with Crippen molar-refractivity contribution in [3.63, 3.8) is 0 Å². The molecule has 156 valence electrons. The summed E-state index contributed by atoms with van der Waals surface area (Å²) in [6.07, 6.45) is 4.14. The summed E-state index contributed by atoms with van der Waals surface area (Å²) in [7, 11) is 4.94. The third-order valence-electron chi connectivity index (χ3n) is 5.19. The van der Waals surface area contributed by atoms with Gasteiger partial charge < -0.3 is 14.5 Å². The second kappa shape index (κ2) is 10.3. The largest absolute Gasteiger partial charge is 0.452 e. The van der Waals surface area contributed by atoms with Crippen LogP contribution >= 0.6 is 11.8 Å².